The molecule has 0 amide bonds. The number of hydrogen-bond acceptors (Lipinski definition) is 2. The molecule has 0 saturated carbocycles. The van der Waals surface area contributed by atoms with Gasteiger partial charge >= 0.3 is 5.97 Å². The largest absolute Gasteiger partial charge is 0.478 e. The molecule has 6 heteroatoms. The number of benzene rings is 2. The van der Waals surface area contributed by atoms with E-state index in [0.717, 1.165) is 0 Å². The van der Waals surface area contributed by atoms with E-state index in [4.69, 9.17) is 39.9 Å². The maximum absolute atomic E-state index is 10.5. The first kappa shape index (κ1) is 16.5. The first-order valence-corrected chi connectivity index (χ1v) is 6.48. The third-order valence-corrected chi connectivity index (χ3v) is 2.81. The fourth-order valence-corrected chi connectivity index (χ4v) is 1.73. The minimum Gasteiger partial charge on any atom is -0.478 e. The van der Waals surface area contributed by atoms with Gasteiger partial charge in [-0.1, -0.05) is 35.3 Å². The standard InChI is InChI=1S/C7H4Cl2O.C7H5ClO2/c2*8-6-3-1-2-5(4-6)7(9)10/h1-4H;1-4H,(H,9,10). The normalized spacial score (nSPS) is 9.35. The van der Waals surface area contributed by atoms with Gasteiger partial charge in [-0.25, -0.2) is 4.79 Å². The second-order valence-electron chi connectivity index (χ2n) is 3.60. The summed E-state index contributed by atoms with van der Waals surface area (Å²) in [6.45, 7) is 0. The second-order valence-corrected chi connectivity index (χ2v) is 4.82. The Morgan fingerprint density at radius 3 is 1.60 bits per heavy atom. The van der Waals surface area contributed by atoms with Gasteiger partial charge in [0.15, 0.2) is 0 Å². The van der Waals surface area contributed by atoms with Crippen LogP contribution in [0.2, 0.25) is 10.0 Å². The van der Waals surface area contributed by atoms with Gasteiger partial charge in [-0.2, -0.15) is 0 Å². The molecule has 0 bridgehead atoms. The molecule has 0 saturated heterocycles. The van der Waals surface area contributed by atoms with Gasteiger partial charge < -0.3 is 5.11 Å². The molecule has 0 aliphatic carbocycles. The fraction of sp³-hybridized carbons (Fsp3) is 0. The van der Waals surface area contributed by atoms with Gasteiger partial charge in [0.05, 0.1) is 5.56 Å². The molecule has 1 N–H and O–H groups in total. The van der Waals surface area contributed by atoms with Crippen LogP contribution >= 0.6 is 34.8 Å². The van der Waals surface area contributed by atoms with E-state index >= 15 is 0 Å². The van der Waals surface area contributed by atoms with Crippen molar-refractivity contribution in [1.29, 1.82) is 0 Å². The average molecular weight is 332 g/mol. The van der Waals surface area contributed by atoms with Crippen LogP contribution in [0.25, 0.3) is 0 Å². The Morgan fingerprint density at radius 2 is 1.30 bits per heavy atom. The van der Waals surface area contributed by atoms with E-state index in [-0.39, 0.29) is 5.56 Å². The van der Waals surface area contributed by atoms with Crippen molar-refractivity contribution in [2.45, 2.75) is 0 Å². The molecule has 0 aliphatic rings. The van der Waals surface area contributed by atoms with Crippen LogP contribution < -0.4 is 0 Å². The number of carboxylic acid groups (broad SMARTS) is 1. The Bertz CT molecular complexity index is 571. The Balaban J connectivity index is 0.000000200. The molecule has 0 radical (unpaired) electrons. The van der Waals surface area contributed by atoms with E-state index in [1.165, 1.54) is 18.2 Å². The first-order valence-electron chi connectivity index (χ1n) is 5.34. The minimum absolute atomic E-state index is 0.215. The van der Waals surface area contributed by atoms with Crippen LogP contribution in [-0.4, -0.2) is 16.3 Å². The van der Waals surface area contributed by atoms with Crippen molar-refractivity contribution in [3.05, 3.63) is 69.7 Å². The van der Waals surface area contributed by atoms with Gasteiger partial charge in [0.2, 0.25) is 0 Å². The van der Waals surface area contributed by atoms with E-state index in [0.29, 0.717) is 15.6 Å². The summed E-state index contributed by atoms with van der Waals surface area (Å²) in [5.41, 5.74) is 0.640. The van der Waals surface area contributed by atoms with Crippen molar-refractivity contribution < 1.29 is 14.7 Å². The number of rotatable bonds is 2. The van der Waals surface area contributed by atoms with Crippen LogP contribution in [0.5, 0.6) is 0 Å². The van der Waals surface area contributed by atoms with E-state index in [9.17, 15) is 9.59 Å². The molecule has 2 aromatic rings. The van der Waals surface area contributed by atoms with Crippen LogP contribution in [0.3, 0.4) is 0 Å². The van der Waals surface area contributed by atoms with Crippen LogP contribution in [0.1, 0.15) is 20.7 Å². The number of aromatic carboxylic acids is 1. The highest BCUT2D eigenvalue weighted by molar-refractivity contribution is 6.67. The molecule has 3 nitrogen and oxygen atoms in total. The lowest BCUT2D eigenvalue weighted by atomic mass is 10.2. The highest BCUT2D eigenvalue weighted by Crippen LogP contribution is 2.12. The predicted octanol–water partition coefficient (Wildman–Crippen LogP) is 4.76. The zero-order chi connectivity index (χ0) is 15.1. The van der Waals surface area contributed by atoms with Crippen molar-refractivity contribution >= 4 is 46.0 Å². The lowest BCUT2D eigenvalue weighted by Gasteiger charge is -1.92. The Labute approximate surface area is 130 Å². The van der Waals surface area contributed by atoms with E-state index in [2.05, 4.69) is 0 Å². The molecular formula is C14H9Cl3O3. The Kier molecular flexibility index (Phi) is 6.52. The SMILES string of the molecule is O=C(Cl)c1cccc(Cl)c1.O=C(O)c1cccc(Cl)c1. The van der Waals surface area contributed by atoms with E-state index < -0.39 is 11.2 Å². The molecular weight excluding hydrogens is 323 g/mol. The van der Waals surface area contributed by atoms with Crippen molar-refractivity contribution in [2.24, 2.45) is 0 Å². The zero-order valence-electron chi connectivity index (χ0n) is 10.0. The van der Waals surface area contributed by atoms with Crippen LogP contribution in [0.15, 0.2) is 48.5 Å². The van der Waals surface area contributed by atoms with Crippen LogP contribution in [0, 0.1) is 0 Å². The molecule has 0 unspecified atom stereocenters. The summed E-state index contributed by atoms with van der Waals surface area (Å²) in [6, 6.07) is 12.6. The number of carboxylic acids is 1. The molecule has 0 aromatic heterocycles. The molecule has 0 heterocycles. The molecule has 104 valence electrons. The number of carbonyl (C=O) groups excluding carboxylic acids is 1. The van der Waals surface area contributed by atoms with Crippen LogP contribution in [-0.2, 0) is 0 Å². The maximum Gasteiger partial charge on any atom is 0.335 e. The number of carbonyl (C=O) groups is 2. The molecule has 0 aliphatic heterocycles. The number of halogens is 3. The van der Waals surface area contributed by atoms with Crippen molar-refractivity contribution in [3.8, 4) is 0 Å². The summed E-state index contributed by atoms with van der Waals surface area (Å²) in [5, 5.41) is 8.93. The summed E-state index contributed by atoms with van der Waals surface area (Å²) < 4.78 is 0. The highest BCUT2D eigenvalue weighted by Gasteiger charge is 2.00. The van der Waals surface area contributed by atoms with Gasteiger partial charge in [-0.3, -0.25) is 4.79 Å². The first-order chi connectivity index (χ1) is 9.40. The van der Waals surface area contributed by atoms with Crippen molar-refractivity contribution in [1.82, 2.24) is 0 Å². The smallest absolute Gasteiger partial charge is 0.335 e. The molecule has 0 atom stereocenters. The zero-order valence-corrected chi connectivity index (χ0v) is 12.3. The minimum atomic E-state index is -0.956. The summed E-state index contributed by atoms with van der Waals surface area (Å²) in [6.07, 6.45) is 0. The lowest BCUT2D eigenvalue weighted by Crippen LogP contribution is -1.94. The molecule has 0 spiro atoms. The summed E-state index contributed by atoms with van der Waals surface area (Å²) in [7, 11) is 0. The molecule has 2 rings (SSSR count). The number of hydrogen-bond donors (Lipinski definition) is 1. The van der Waals surface area contributed by atoms with Gasteiger partial charge in [-0.05, 0) is 48.0 Å². The quantitative estimate of drug-likeness (QED) is 0.807. The van der Waals surface area contributed by atoms with E-state index in [1.54, 1.807) is 30.3 Å². The summed E-state index contributed by atoms with van der Waals surface area (Å²) in [4.78, 5) is 20.8. The monoisotopic (exact) mass is 330 g/mol. The average Bonchev–Trinajstić information content (AvgIpc) is 2.39. The maximum atomic E-state index is 10.5. The highest BCUT2D eigenvalue weighted by atomic mass is 35.5. The Hall–Kier alpha value is -1.55. The lowest BCUT2D eigenvalue weighted by molar-refractivity contribution is 0.0696. The molecule has 20 heavy (non-hydrogen) atoms. The van der Waals surface area contributed by atoms with Crippen molar-refractivity contribution in [2.75, 3.05) is 0 Å². The second kappa shape index (κ2) is 7.90. The summed E-state index contributed by atoms with van der Waals surface area (Å²) in [5.74, 6) is -0.956. The van der Waals surface area contributed by atoms with Gasteiger partial charge in [-0.15, -0.1) is 0 Å². The van der Waals surface area contributed by atoms with Gasteiger partial charge in [0.1, 0.15) is 0 Å². The van der Waals surface area contributed by atoms with Crippen LogP contribution in [0.4, 0.5) is 0 Å². The molecule has 2 aromatic carbocycles. The summed E-state index contributed by atoms with van der Waals surface area (Å²) >= 11 is 16.3. The molecule has 0 fully saturated rings. The van der Waals surface area contributed by atoms with Gasteiger partial charge in [0, 0.05) is 15.6 Å². The van der Waals surface area contributed by atoms with Gasteiger partial charge in [0.25, 0.3) is 5.24 Å². The van der Waals surface area contributed by atoms with Crippen molar-refractivity contribution in [3.63, 3.8) is 0 Å². The predicted molar refractivity (Wildman–Crippen MR) is 80.0 cm³/mol. The third kappa shape index (κ3) is 5.61. The fourth-order valence-electron chi connectivity index (χ4n) is 1.23. The topological polar surface area (TPSA) is 54.4 Å². The third-order valence-electron chi connectivity index (χ3n) is 2.12. The Morgan fingerprint density at radius 1 is 0.850 bits per heavy atom. The van der Waals surface area contributed by atoms with E-state index in [1.807, 2.05) is 0 Å².